The van der Waals surface area contributed by atoms with E-state index in [1.165, 1.54) is 54.5 Å². The van der Waals surface area contributed by atoms with Gasteiger partial charge in [0.15, 0.2) is 5.78 Å². The summed E-state index contributed by atoms with van der Waals surface area (Å²) in [5.41, 5.74) is -0.725. The molecular weight excluding hydrogens is 558 g/mol. The molecule has 0 fully saturated rings. The summed E-state index contributed by atoms with van der Waals surface area (Å²) >= 11 is 3.36. The van der Waals surface area contributed by atoms with Crippen LogP contribution < -0.4 is 9.64 Å². The second-order valence-corrected chi connectivity index (χ2v) is 10.7. The maximum absolute atomic E-state index is 14.2. The molecule has 0 aromatic heterocycles. The van der Waals surface area contributed by atoms with Crippen LogP contribution in [0.4, 0.5) is 17.1 Å². The molecule has 0 saturated heterocycles. The molecule has 38 heavy (non-hydrogen) atoms. The van der Waals surface area contributed by atoms with Crippen LogP contribution in [-0.4, -0.2) is 28.6 Å². The van der Waals surface area contributed by atoms with Crippen molar-refractivity contribution in [3.05, 3.63) is 103 Å². The SMILES string of the molecule is COc1ccc([N+](=O)[O-])c(C(=O)N(c2ccc(Br)cc2)C(C(=O)CC(C)(C)C)c2ccc([N+](=O)[O-])cc2)c1. The van der Waals surface area contributed by atoms with Crippen LogP contribution in [0.25, 0.3) is 0 Å². The number of benzene rings is 3. The molecule has 3 aromatic rings. The summed E-state index contributed by atoms with van der Waals surface area (Å²) in [4.78, 5) is 51.1. The fourth-order valence-electron chi connectivity index (χ4n) is 3.96. The maximum Gasteiger partial charge on any atom is 0.282 e. The van der Waals surface area contributed by atoms with E-state index in [0.717, 1.165) is 0 Å². The highest BCUT2D eigenvalue weighted by molar-refractivity contribution is 9.10. The van der Waals surface area contributed by atoms with Crippen LogP contribution in [0, 0.1) is 25.6 Å². The lowest BCUT2D eigenvalue weighted by atomic mass is 9.85. The van der Waals surface area contributed by atoms with Gasteiger partial charge in [-0.1, -0.05) is 36.7 Å². The van der Waals surface area contributed by atoms with Crippen molar-refractivity contribution in [1.82, 2.24) is 0 Å². The van der Waals surface area contributed by atoms with Gasteiger partial charge >= 0.3 is 0 Å². The van der Waals surface area contributed by atoms with Gasteiger partial charge in [0, 0.05) is 34.8 Å². The molecule has 0 heterocycles. The molecule has 0 aliphatic carbocycles. The maximum atomic E-state index is 14.2. The zero-order chi connectivity index (χ0) is 28.2. The van der Waals surface area contributed by atoms with Gasteiger partial charge in [-0.3, -0.25) is 34.7 Å². The number of amides is 1. The third-order valence-corrected chi connectivity index (χ3v) is 6.17. The number of methoxy groups -OCH3 is 1. The van der Waals surface area contributed by atoms with Crippen LogP contribution in [0.1, 0.15) is 49.2 Å². The summed E-state index contributed by atoms with van der Waals surface area (Å²) in [5.74, 6) is -0.917. The van der Waals surface area contributed by atoms with Gasteiger partial charge in [0.2, 0.25) is 0 Å². The van der Waals surface area contributed by atoms with Crippen molar-refractivity contribution in [2.24, 2.45) is 5.41 Å². The molecular formula is C27H26BrN3O7. The van der Waals surface area contributed by atoms with Gasteiger partial charge in [0.05, 0.1) is 17.0 Å². The number of nitrogens with zero attached hydrogens (tertiary/aromatic N) is 3. The van der Waals surface area contributed by atoms with Crippen molar-refractivity contribution in [3.8, 4) is 5.75 Å². The van der Waals surface area contributed by atoms with Crippen LogP contribution in [0.2, 0.25) is 0 Å². The first kappa shape index (κ1) is 28.5. The lowest BCUT2D eigenvalue weighted by molar-refractivity contribution is -0.385. The van der Waals surface area contributed by atoms with Crippen molar-refractivity contribution in [1.29, 1.82) is 0 Å². The largest absolute Gasteiger partial charge is 0.497 e. The Kier molecular flexibility index (Phi) is 8.62. The number of hydrogen-bond donors (Lipinski definition) is 0. The van der Waals surface area contributed by atoms with E-state index < -0.39 is 32.9 Å². The fourth-order valence-corrected chi connectivity index (χ4v) is 4.23. The highest BCUT2D eigenvalue weighted by Crippen LogP contribution is 2.37. The predicted molar refractivity (Wildman–Crippen MR) is 146 cm³/mol. The molecule has 0 saturated carbocycles. The molecule has 1 amide bonds. The number of ether oxygens (including phenoxy) is 1. The Morgan fingerprint density at radius 2 is 1.55 bits per heavy atom. The molecule has 198 valence electrons. The average Bonchev–Trinajstić information content (AvgIpc) is 2.86. The smallest absolute Gasteiger partial charge is 0.282 e. The van der Waals surface area contributed by atoms with E-state index in [1.54, 1.807) is 24.3 Å². The number of nitro groups is 2. The summed E-state index contributed by atoms with van der Waals surface area (Å²) < 4.78 is 5.92. The summed E-state index contributed by atoms with van der Waals surface area (Å²) in [5, 5.41) is 23.1. The Morgan fingerprint density at radius 1 is 0.947 bits per heavy atom. The van der Waals surface area contributed by atoms with Gasteiger partial charge in [-0.15, -0.1) is 0 Å². The minimum atomic E-state index is -1.23. The molecule has 0 N–H and O–H groups in total. The molecule has 0 aliphatic heterocycles. The van der Waals surface area contributed by atoms with E-state index in [2.05, 4.69) is 15.9 Å². The molecule has 10 nitrogen and oxygen atoms in total. The van der Waals surface area contributed by atoms with Gasteiger partial charge in [0.25, 0.3) is 17.3 Å². The zero-order valence-electron chi connectivity index (χ0n) is 21.2. The number of anilines is 1. The van der Waals surface area contributed by atoms with Crippen LogP contribution in [0.5, 0.6) is 5.75 Å². The van der Waals surface area contributed by atoms with Gasteiger partial charge in [-0.2, -0.15) is 0 Å². The molecule has 3 aromatic carbocycles. The fraction of sp³-hybridized carbons (Fsp3) is 0.259. The number of Topliss-reactive ketones (excluding diaryl/α,β-unsaturated/α-hetero) is 1. The Bertz CT molecular complexity index is 1370. The third-order valence-electron chi connectivity index (χ3n) is 5.64. The van der Waals surface area contributed by atoms with Crippen molar-refractivity contribution in [3.63, 3.8) is 0 Å². The number of rotatable bonds is 9. The Balaban J connectivity index is 2.30. The number of halogens is 1. The molecule has 0 spiro atoms. The first-order valence-corrected chi connectivity index (χ1v) is 12.3. The minimum Gasteiger partial charge on any atom is -0.497 e. The van der Waals surface area contributed by atoms with Crippen molar-refractivity contribution < 1.29 is 24.2 Å². The third kappa shape index (κ3) is 6.60. The van der Waals surface area contributed by atoms with Gasteiger partial charge < -0.3 is 4.74 Å². The normalized spacial score (nSPS) is 11.9. The number of hydrogen-bond acceptors (Lipinski definition) is 7. The van der Waals surface area contributed by atoms with E-state index in [-0.39, 0.29) is 29.2 Å². The summed E-state index contributed by atoms with van der Waals surface area (Å²) in [7, 11) is 1.37. The highest BCUT2D eigenvalue weighted by atomic mass is 79.9. The highest BCUT2D eigenvalue weighted by Gasteiger charge is 2.37. The Morgan fingerprint density at radius 3 is 2.05 bits per heavy atom. The van der Waals surface area contributed by atoms with E-state index in [4.69, 9.17) is 4.74 Å². The lowest BCUT2D eigenvalue weighted by Crippen LogP contribution is -2.40. The van der Waals surface area contributed by atoms with Crippen molar-refractivity contribution in [2.45, 2.75) is 33.2 Å². The monoisotopic (exact) mass is 583 g/mol. The molecule has 0 aliphatic rings. The van der Waals surface area contributed by atoms with Gasteiger partial charge in [-0.25, -0.2) is 0 Å². The molecule has 3 rings (SSSR count). The van der Waals surface area contributed by atoms with Gasteiger partial charge in [0.1, 0.15) is 17.4 Å². The zero-order valence-corrected chi connectivity index (χ0v) is 22.8. The topological polar surface area (TPSA) is 133 Å². The first-order valence-electron chi connectivity index (χ1n) is 11.5. The van der Waals surface area contributed by atoms with Crippen LogP contribution in [-0.2, 0) is 4.79 Å². The van der Waals surface area contributed by atoms with Crippen LogP contribution >= 0.6 is 15.9 Å². The Hall–Kier alpha value is -4.12. The molecule has 11 heteroatoms. The van der Waals surface area contributed by atoms with E-state index in [1.807, 2.05) is 20.8 Å². The molecule has 0 radical (unpaired) electrons. The predicted octanol–water partition coefficient (Wildman–Crippen LogP) is 6.67. The van der Waals surface area contributed by atoms with Crippen molar-refractivity contribution in [2.75, 3.05) is 12.0 Å². The van der Waals surface area contributed by atoms with Crippen LogP contribution in [0.3, 0.4) is 0 Å². The minimum absolute atomic E-state index is 0.0646. The Labute approximate surface area is 227 Å². The summed E-state index contributed by atoms with van der Waals surface area (Å²) in [6, 6.07) is 14.5. The molecule has 1 atom stereocenters. The summed E-state index contributed by atoms with van der Waals surface area (Å²) in [6.07, 6.45) is 0.0646. The quantitative estimate of drug-likeness (QED) is 0.203. The summed E-state index contributed by atoms with van der Waals surface area (Å²) in [6.45, 7) is 5.61. The van der Waals surface area contributed by atoms with Gasteiger partial charge in [-0.05, 0) is 59.5 Å². The number of ketones is 1. The van der Waals surface area contributed by atoms with E-state index >= 15 is 0 Å². The average molecular weight is 584 g/mol. The van der Waals surface area contributed by atoms with E-state index in [9.17, 15) is 29.8 Å². The standard InChI is InChI=1S/C27H26BrN3O7/c1-27(2,3)16-24(32)25(17-5-9-20(10-6-17)30(34)35)29(19-11-7-18(28)8-12-19)26(33)22-15-21(38-4)13-14-23(22)31(36)37/h5-15,25H,16H2,1-4H3. The second-order valence-electron chi connectivity index (χ2n) is 9.75. The first-order chi connectivity index (χ1) is 17.8. The number of nitro benzene ring substituents is 2. The second kappa shape index (κ2) is 11.5. The van der Waals surface area contributed by atoms with Crippen LogP contribution in [0.15, 0.2) is 71.2 Å². The van der Waals surface area contributed by atoms with E-state index in [0.29, 0.717) is 15.7 Å². The number of carbonyl (C=O) groups is 2. The number of non-ortho nitro benzene ring substituents is 1. The molecule has 1 unspecified atom stereocenters. The molecule has 0 bridgehead atoms. The van der Waals surface area contributed by atoms with Crippen molar-refractivity contribution >= 4 is 44.7 Å². The lowest BCUT2D eigenvalue weighted by Gasteiger charge is -2.33. The number of carbonyl (C=O) groups excluding carboxylic acids is 2.